The Morgan fingerprint density at radius 1 is 0.714 bits per heavy atom. The summed E-state index contributed by atoms with van der Waals surface area (Å²) >= 11 is 0. The highest BCUT2D eigenvalue weighted by molar-refractivity contribution is 5.26. The first-order valence-corrected chi connectivity index (χ1v) is 4.41. The lowest BCUT2D eigenvalue weighted by Gasteiger charge is -2.05. The molecule has 0 radical (unpaired) electrons. The van der Waals surface area contributed by atoms with E-state index in [-0.39, 0.29) is 0 Å². The number of nitrogens with one attached hydrogen (secondary N) is 2. The van der Waals surface area contributed by atoms with Crippen molar-refractivity contribution in [3.63, 3.8) is 0 Å². The van der Waals surface area contributed by atoms with E-state index in [4.69, 9.17) is 20.4 Å². The van der Waals surface area contributed by atoms with Gasteiger partial charge in [-0.05, 0) is 0 Å². The molecule has 0 aromatic heterocycles. The fraction of sp³-hybridized carbons (Fsp3) is 0.600. The molecule has 0 aromatic carbocycles. The van der Waals surface area contributed by atoms with Gasteiger partial charge in [0.2, 0.25) is 12.2 Å². The lowest BCUT2D eigenvalue weighted by atomic mass is 10.0. The SMILES string of the molecule is C1CCCCC1.C=C.N=C=O.N=C=O. The summed E-state index contributed by atoms with van der Waals surface area (Å²) in [6, 6.07) is 0. The maximum absolute atomic E-state index is 8.35. The predicted molar refractivity (Wildman–Crippen MR) is 55.8 cm³/mol. The van der Waals surface area contributed by atoms with Gasteiger partial charge >= 0.3 is 0 Å². The van der Waals surface area contributed by atoms with Gasteiger partial charge in [0.25, 0.3) is 0 Å². The smallest absolute Gasteiger partial charge is 0.222 e. The second-order valence-corrected chi connectivity index (χ2v) is 2.33. The van der Waals surface area contributed by atoms with E-state index in [1.807, 2.05) is 0 Å². The maximum Gasteiger partial charge on any atom is 0.231 e. The molecule has 14 heavy (non-hydrogen) atoms. The number of isocyanates is 2. The predicted octanol–water partition coefficient (Wildman–Crippen LogP) is 2.94. The van der Waals surface area contributed by atoms with Gasteiger partial charge in [-0.1, -0.05) is 38.5 Å². The Morgan fingerprint density at radius 2 is 0.786 bits per heavy atom. The third-order valence-electron chi connectivity index (χ3n) is 1.50. The average Bonchev–Trinajstić information content (AvgIpc) is 2.26. The molecule has 0 aromatic rings. The van der Waals surface area contributed by atoms with Gasteiger partial charge in [-0.15, -0.1) is 13.2 Å². The lowest BCUT2D eigenvalue weighted by molar-refractivity contribution is 0.504. The highest BCUT2D eigenvalue weighted by Gasteiger charge is 1.95. The van der Waals surface area contributed by atoms with Gasteiger partial charge < -0.3 is 0 Å². The van der Waals surface area contributed by atoms with E-state index in [2.05, 4.69) is 13.2 Å². The third-order valence-corrected chi connectivity index (χ3v) is 1.50. The first-order valence-electron chi connectivity index (χ1n) is 4.41. The molecule has 1 saturated carbocycles. The van der Waals surface area contributed by atoms with Crippen molar-refractivity contribution < 1.29 is 9.59 Å². The van der Waals surface area contributed by atoms with E-state index < -0.39 is 0 Å². The molecule has 0 saturated heterocycles. The summed E-state index contributed by atoms with van der Waals surface area (Å²) in [5.41, 5.74) is 0. The fourth-order valence-corrected chi connectivity index (χ4v) is 1.06. The minimum atomic E-state index is 0.750. The summed E-state index contributed by atoms with van der Waals surface area (Å²) in [5, 5.41) is 10.8. The maximum atomic E-state index is 8.35. The van der Waals surface area contributed by atoms with Crippen molar-refractivity contribution in [3.05, 3.63) is 13.2 Å². The Labute approximate surface area is 85.0 Å². The molecule has 0 spiro atoms. The van der Waals surface area contributed by atoms with Crippen molar-refractivity contribution in [2.45, 2.75) is 38.5 Å². The molecule has 1 rings (SSSR count). The quantitative estimate of drug-likeness (QED) is 0.356. The average molecular weight is 198 g/mol. The third kappa shape index (κ3) is 46.8. The molecule has 0 aliphatic heterocycles. The van der Waals surface area contributed by atoms with Crippen LogP contribution in [0.25, 0.3) is 0 Å². The van der Waals surface area contributed by atoms with Crippen molar-refractivity contribution >= 4 is 12.2 Å². The largest absolute Gasteiger partial charge is 0.231 e. The number of hydrogen-bond acceptors (Lipinski definition) is 4. The van der Waals surface area contributed by atoms with Crippen molar-refractivity contribution in [2.75, 3.05) is 0 Å². The number of hydrogen-bond donors (Lipinski definition) is 2. The van der Waals surface area contributed by atoms with E-state index in [1.54, 1.807) is 0 Å². The van der Waals surface area contributed by atoms with Crippen LogP contribution >= 0.6 is 0 Å². The standard InChI is InChI=1S/C6H12.C2H4.2CHNO/c1-2-4-6-5-3-1;1-2;2*2-1-3/h1-6H2;1-2H2;2*2H. The molecular weight excluding hydrogens is 180 g/mol. The first kappa shape index (κ1) is 18.3. The molecular formula is C10H18N2O2. The van der Waals surface area contributed by atoms with Gasteiger partial charge in [-0.2, -0.15) is 0 Å². The summed E-state index contributed by atoms with van der Waals surface area (Å²) in [7, 11) is 0. The molecule has 0 atom stereocenters. The molecule has 4 heteroatoms. The Kier molecular flexibility index (Phi) is 39.3. The van der Waals surface area contributed by atoms with Crippen LogP contribution in [0.3, 0.4) is 0 Å². The van der Waals surface area contributed by atoms with E-state index >= 15 is 0 Å². The molecule has 0 amide bonds. The van der Waals surface area contributed by atoms with Crippen LogP contribution in [-0.4, -0.2) is 12.2 Å². The van der Waals surface area contributed by atoms with Crippen LogP contribution in [0.5, 0.6) is 0 Å². The normalized spacial score (nSPS) is 11.7. The molecule has 1 aliphatic carbocycles. The van der Waals surface area contributed by atoms with Crippen LogP contribution in [0.15, 0.2) is 13.2 Å². The van der Waals surface area contributed by atoms with E-state index in [0.717, 1.165) is 12.2 Å². The zero-order valence-corrected chi connectivity index (χ0v) is 8.47. The van der Waals surface area contributed by atoms with E-state index in [9.17, 15) is 0 Å². The summed E-state index contributed by atoms with van der Waals surface area (Å²) in [4.78, 5) is 16.7. The van der Waals surface area contributed by atoms with Gasteiger partial charge in [0.15, 0.2) is 0 Å². The molecule has 1 fully saturated rings. The summed E-state index contributed by atoms with van der Waals surface area (Å²) in [6.45, 7) is 6.00. The number of carbonyl (C=O) groups excluding carboxylic acids is 2. The minimum absolute atomic E-state index is 0.750. The van der Waals surface area contributed by atoms with Crippen molar-refractivity contribution in [1.82, 2.24) is 0 Å². The van der Waals surface area contributed by atoms with Crippen LogP contribution in [0.4, 0.5) is 0 Å². The Bertz CT molecular complexity index is 130. The van der Waals surface area contributed by atoms with E-state index in [0.29, 0.717) is 0 Å². The Morgan fingerprint density at radius 3 is 0.857 bits per heavy atom. The molecule has 80 valence electrons. The molecule has 0 bridgehead atoms. The topological polar surface area (TPSA) is 81.8 Å². The van der Waals surface area contributed by atoms with E-state index in [1.165, 1.54) is 38.5 Å². The molecule has 1 aliphatic rings. The fourth-order valence-electron chi connectivity index (χ4n) is 1.06. The molecule has 2 N–H and O–H groups in total. The summed E-state index contributed by atoms with van der Waals surface area (Å²) in [5.74, 6) is 0. The van der Waals surface area contributed by atoms with Gasteiger partial charge in [0, 0.05) is 0 Å². The lowest BCUT2D eigenvalue weighted by Crippen LogP contribution is -1.85. The summed E-state index contributed by atoms with van der Waals surface area (Å²) in [6.07, 6.45) is 10.5. The van der Waals surface area contributed by atoms with Gasteiger partial charge in [0.1, 0.15) is 0 Å². The van der Waals surface area contributed by atoms with Crippen LogP contribution in [-0.2, 0) is 9.59 Å². The Balaban J connectivity index is -0.000000132. The monoisotopic (exact) mass is 198 g/mol. The Hall–Kier alpha value is -1.50. The van der Waals surface area contributed by atoms with Gasteiger partial charge in [-0.25, -0.2) is 20.4 Å². The van der Waals surface area contributed by atoms with Crippen LogP contribution in [0, 0.1) is 10.8 Å². The molecule has 0 unspecified atom stereocenters. The molecule has 4 nitrogen and oxygen atoms in total. The van der Waals surface area contributed by atoms with Crippen molar-refractivity contribution in [2.24, 2.45) is 0 Å². The van der Waals surface area contributed by atoms with Crippen LogP contribution in [0.1, 0.15) is 38.5 Å². The highest BCUT2D eigenvalue weighted by atomic mass is 16.1. The number of rotatable bonds is 0. The van der Waals surface area contributed by atoms with Crippen molar-refractivity contribution in [3.8, 4) is 0 Å². The van der Waals surface area contributed by atoms with Crippen molar-refractivity contribution in [1.29, 1.82) is 10.8 Å². The molecule has 0 heterocycles. The highest BCUT2D eigenvalue weighted by Crippen LogP contribution is 2.15. The second kappa shape index (κ2) is 30.0. The van der Waals surface area contributed by atoms with Gasteiger partial charge in [0.05, 0.1) is 0 Å². The zero-order valence-electron chi connectivity index (χ0n) is 8.47. The minimum Gasteiger partial charge on any atom is -0.222 e. The van der Waals surface area contributed by atoms with Gasteiger partial charge in [-0.3, -0.25) is 0 Å². The zero-order chi connectivity index (χ0) is 11.7. The first-order chi connectivity index (χ1) is 6.83. The second-order valence-electron chi connectivity index (χ2n) is 2.33. The van der Waals surface area contributed by atoms with Crippen LogP contribution < -0.4 is 0 Å². The summed E-state index contributed by atoms with van der Waals surface area (Å²) < 4.78 is 0. The van der Waals surface area contributed by atoms with Crippen LogP contribution in [0.2, 0.25) is 0 Å².